The van der Waals surface area contributed by atoms with E-state index in [1.165, 1.54) is 5.56 Å². The number of nitrogens with two attached hydrogens (primary N) is 1. The predicted molar refractivity (Wildman–Crippen MR) is 70.7 cm³/mol. The Kier molecular flexibility index (Phi) is 3.58. The van der Waals surface area contributed by atoms with Crippen LogP contribution in [-0.2, 0) is 6.54 Å². The van der Waals surface area contributed by atoms with Crippen LogP contribution in [0, 0.1) is 20.8 Å². The molecule has 4 nitrogen and oxygen atoms in total. The van der Waals surface area contributed by atoms with Crippen LogP contribution in [0.2, 0.25) is 0 Å². The molecule has 0 aliphatic carbocycles. The first kappa shape index (κ1) is 12.5. The topological polar surface area (TPSA) is 61.0 Å². The molecule has 1 heterocycles. The summed E-state index contributed by atoms with van der Waals surface area (Å²) < 4.78 is 5.76. The van der Waals surface area contributed by atoms with E-state index in [4.69, 9.17) is 10.5 Å². The maximum atomic E-state index is 5.76. The Morgan fingerprint density at radius 1 is 1.06 bits per heavy atom. The Hall–Kier alpha value is -1.94. The molecule has 2 aromatic rings. The van der Waals surface area contributed by atoms with E-state index >= 15 is 0 Å². The second-order valence-electron chi connectivity index (χ2n) is 4.33. The molecule has 1 aromatic carbocycles. The van der Waals surface area contributed by atoms with Gasteiger partial charge in [-0.3, -0.25) is 0 Å². The summed E-state index contributed by atoms with van der Waals surface area (Å²) in [4.78, 5) is 8.29. The molecule has 4 heteroatoms. The van der Waals surface area contributed by atoms with E-state index < -0.39 is 0 Å². The Bertz CT molecular complexity index is 550. The van der Waals surface area contributed by atoms with E-state index in [9.17, 15) is 0 Å². The number of rotatable bonds is 3. The largest absolute Gasteiger partial charge is 0.424 e. The van der Waals surface area contributed by atoms with Crippen molar-refractivity contribution in [2.45, 2.75) is 27.3 Å². The van der Waals surface area contributed by atoms with Crippen molar-refractivity contribution in [1.82, 2.24) is 9.97 Å². The highest BCUT2D eigenvalue weighted by Crippen LogP contribution is 2.28. The molecule has 0 amide bonds. The van der Waals surface area contributed by atoms with Crippen LogP contribution < -0.4 is 10.5 Å². The van der Waals surface area contributed by atoms with Gasteiger partial charge in [-0.2, -0.15) is 0 Å². The summed E-state index contributed by atoms with van der Waals surface area (Å²) >= 11 is 0. The highest BCUT2D eigenvalue weighted by atomic mass is 16.5. The van der Waals surface area contributed by atoms with Gasteiger partial charge in [-0.25, -0.2) is 9.97 Å². The third kappa shape index (κ3) is 2.49. The highest BCUT2D eigenvalue weighted by Gasteiger charge is 2.09. The van der Waals surface area contributed by atoms with Crippen molar-refractivity contribution >= 4 is 0 Å². The normalized spacial score (nSPS) is 10.4. The summed E-state index contributed by atoms with van der Waals surface area (Å²) in [6.45, 7) is 6.53. The molecule has 0 saturated carbocycles. The minimum Gasteiger partial charge on any atom is -0.424 e. The van der Waals surface area contributed by atoms with Gasteiger partial charge in [-0.1, -0.05) is 12.1 Å². The fourth-order valence-corrected chi connectivity index (χ4v) is 1.67. The van der Waals surface area contributed by atoms with Crippen LogP contribution >= 0.6 is 0 Å². The first-order valence-corrected chi connectivity index (χ1v) is 5.87. The van der Waals surface area contributed by atoms with Gasteiger partial charge in [0.1, 0.15) is 5.75 Å². The van der Waals surface area contributed by atoms with Crippen LogP contribution in [-0.4, -0.2) is 9.97 Å². The standard InChI is InChI=1S/C14H17N3O/c1-9-4-5-10(2)13(11(9)3)18-14-16-7-12(6-15)8-17-14/h4-5,7-8H,6,15H2,1-3H3. The molecule has 0 saturated heterocycles. The van der Waals surface area contributed by atoms with Crippen molar-refractivity contribution in [3.8, 4) is 11.8 Å². The number of ether oxygens (including phenoxy) is 1. The molecule has 0 spiro atoms. The third-order valence-corrected chi connectivity index (χ3v) is 2.98. The SMILES string of the molecule is Cc1ccc(C)c(Oc2ncc(CN)cn2)c1C. The molecular weight excluding hydrogens is 226 g/mol. The molecule has 0 aliphatic heterocycles. The predicted octanol–water partition coefficient (Wildman–Crippen LogP) is 2.65. The van der Waals surface area contributed by atoms with Crippen LogP contribution in [0.25, 0.3) is 0 Å². The Balaban J connectivity index is 2.30. The Morgan fingerprint density at radius 2 is 1.67 bits per heavy atom. The molecule has 0 bridgehead atoms. The first-order chi connectivity index (χ1) is 8.61. The van der Waals surface area contributed by atoms with Crippen LogP contribution in [0.1, 0.15) is 22.3 Å². The second-order valence-corrected chi connectivity index (χ2v) is 4.33. The molecular formula is C14H17N3O. The number of aromatic nitrogens is 2. The van der Waals surface area contributed by atoms with Gasteiger partial charge in [0.25, 0.3) is 0 Å². The van der Waals surface area contributed by atoms with E-state index in [0.717, 1.165) is 22.4 Å². The lowest BCUT2D eigenvalue weighted by atomic mass is 10.1. The van der Waals surface area contributed by atoms with Crippen molar-refractivity contribution < 1.29 is 4.74 Å². The van der Waals surface area contributed by atoms with Crippen molar-refractivity contribution in [2.24, 2.45) is 5.73 Å². The highest BCUT2D eigenvalue weighted by molar-refractivity contribution is 5.45. The zero-order chi connectivity index (χ0) is 13.1. The van der Waals surface area contributed by atoms with E-state index in [0.29, 0.717) is 12.6 Å². The Morgan fingerprint density at radius 3 is 2.28 bits per heavy atom. The number of nitrogens with zero attached hydrogens (tertiary/aromatic N) is 2. The number of hydrogen-bond acceptors (Lipinski definition) is 4. The fourth-order valence-electron chi connectivity index (χ4n) is 1.67. The third-order valence-electron chi connectivity index (χ3n) is 2.98. The van der Waals surface area contributed by atoms with Crippen LogP contribution in [0.4, 0.5) is 0 Å². The average Bonchev–Trinajstić information content (AvgIpc) is 2.40. The lowest BCUT2D eigenvalue weighted by molar-refractivity contribution is 0.434. The summed E-state index contributed by atoms with van der Waals surface area (Å²) in [5.41, 5.74) is 9.76. The van der Waals surface area contributed by atoms with Crippen LogP contribution in [0.15, 0.2) is 24.5 Å². The number of aryl methyl sites for hydroxylation is 2. The van der Waals surface area contributed by atoms with E-state index in [1.54, 1.807) is 12.4 Å². The van der Waals surface area contributed by atoms with Gasteiger partial charge < -0.3 is 10.5 Å². The van der Waals surface area contributed by atoms with Gasteiger partial charge in [0.2, 0.25) is 0 Å². The smallest absolute Gasteiger partial charge is 0.321 e. The van der Waals surface area contributed by atoms with Gasteiger partial charge in [0.05, 0.1) is 0 Å². The van der Waals surface area contributed by atoms with Crippen LogP contribution in [0.5, 0.6) is 11.8 Å². The summed E-state index contributed by atoms with van der Waals surface area (Å²) in [5.74, 6) is 0.829. The van der Waals surface area contributed by atoms with Crippen LogP contribution in [0.3, 0.4) is 0 Å². The summed E-state index contributed by atoms with van der Waals surface area (Å²) in [6.07, 6.45) is 3.37. The van der Waals surface area contributed by atoms with Gasteiger partial charge in [-0.15, -0.1) is 0 Å². The summed E-state index contributed by atoms with van der Waals surface area (Å²) in [6, 6.07) is 4.46. The van der Waals surface area contributed by atoms with Crippen molar-refractivity contribution in [1.29, 1.82) is 0 Å². The van der Waals surface area contributed by atoms with Gasteiger partial charge in [0.15, 0.2) is 0 Å². The van der Waals surface area contributed by atoms with E-state index in [-0.39, 0.29) is 0 Å². The summed E-state index contributed by atoms with van der Waals surface area (Å²) in [5, 5.41) is 0. The zero-order valence-electron chi connectivity index (χ0n) is 10.9. The monoisotopic (exact) mass is 243 g/mol. The number of hydrogen-bond donors (Lipinski definition) is 1. The maximum Gasteiger partial charge on any atom is 0.321 e. The average molecular weight is 243 g/mol. The quantitative estimate of drug-likeness (QED) is 0.900. The molecule has 94 valence electrons. The maximum absolute atomic E-state index is 5.76. The first-order valence-electron chi connectivity index (χ1n) is 5.87. The molecule has 0 radical (unpaired) electrons. The van der Waals surface area contributed by atoms with Crippen molar-refractivity contribution in [3.63, 3.8) is 0 Å². The minimum atomic E-state index is 0.351. The molecule has 0 atom stereocenters. The molecule has 0 unspecified atom stereocenters. The molecule has 0 fully saturated rings. The molecule has 1 aromatic heterocycles. The van der Waals surface area contributed by atoms with Gasteiger partial charge >= 0.3 is 6.01 Å². The van der Waals surface area contributed by atoms with Gasteiger partial charge in [0, 0.05) is 24.5 Å². The minimum absolute atomic E-state index is 0.351. The van der Waals surface area contributed by atoms with Crippen molar-refractivity contribution in [2.75, 3.05) is 0 Å². The van der Waals surface area contributed by atoms with Gasteiger partial charge in [-0.05, 0) is 37.5 Å². The van der Waals surface area contributed by atoms with E-state index in [2.05, 4.69) is 23.0 Å². The molecule has 2 N–H and O–H groups in total. The van der Waals surface area contributed by atoms with E-state index in [1.807, 2.05) is 19.9 Å². The lowest BCUT2D eigenvalue weighted by Gasteiger charge is -2.12. The fraction of sp³-hybridized carbons (Fsp3) is 0.286. The number of benzene rings is 1. The zero-order valence-corrected chi connectivity index (χ0v) is 10.9. The van der Waals surface area contributed by atoms with Crippen molar-refractivity contribution in [3.05, 3.63) is 46.8 Å². The lowest BCUT2D eigenvalue weighted by Crippen LogP contribution is -2.00. The second kappa shape index (κ2) is 5.14. The Labute approximate surface area is 107 Å². The molecule has 18 heavy (non-hydrogen) atoms. The summed E-state index contributed by atoms with van der Waals surface area (Å²) in [7, 11) is 0. The molecule has 0 aliphatic rings. The molecule has 2 rings (SSSR count).